The molecule has 0 atom stereocenters. The Bertz CT molecular complexity index is 508. The Morgan fingerprint density at radius 1 is 1.12 bits per heavy atom. The molecule has 0 aliphatic carbocycles. The van der Waals surface area contributed by atoms with Crippen LogP contribution in [0.2, 0.25) is 5.02 Å². The quantitative estimate of drug-likeness (QED) is 0.860. The van der Waals surface area contributed by atoms with Gasteiger partial charge in [0.05, 0.1) is 5.02 Å². The van der Waals surface area contributed by atoms with Gasteiger partial charge in [0, 0.05) is 12.2 Å². The van der Waals surface area contributed by atoms with E-state index in [2.05, 4.69) is 24.4 Å². The smallest absolute Gasteiger partial charge is 0.134 e. The van der Waals surface area contributed by atoms with Gasteiger partial charge in [0.15, 0.2) is 0 Å². The number of benzene rings is 2. The van der Waals surface area contributed by atoms with Gasteiger partial charge in [0.1, 0.15) is 5.75 Å². The molecule has 88 valence electrons. The molecule has 0 unspecified atom stereocenters. The molecular formula is C14H14ClNO. The summed E-state index contributed by atoms with van der Waals surface area (Å²) in [6.07, 6.45) is 0. The van der Waals surface area contributed by atoms with Gasteiger partial charge >= 0.3 is 0 Å². The third-order valence-corrected chi connectivity index (χ3v) is 2.86. The van der Waals surface area contributed by atoms with Crippen molar-refractivity contribution in [2.24, 2.45) is 0 Å². The van der Waals surface area contributed by atoms with Crippen LogP contribution in [0.1, 0.15) is 11.1 Å². The average molecular weight is 248 g/mol. The van der Waals surface area contributed by atoms with Crippen LogP contribution >= 0.6 is 11.6 Å². The van der Waals surface area contributed by atoms with Gasteiger partial charge in [-0.25, -0.2) is 0 Å². The molecule has 17 heavy (non-hydrogen) atoms. The van der Waals surface area contributed by atoms with E-state index < -0.39 is 0 Å². The van der Waals surface area contributed by atoms with Crippen molar-refractivity contribution in [3.05, 3.63) is 58.6 Å². The molecule has 0 radical (unpaired) electrons. The Hall–Kier alpha value is -1.67. The summed E-state index contributed by atoms with van der Waals surface area (Å²) in [6, 6.07) is 13.4. The highest BCUT2D eigenvalue weighted by Gasteiger charge is 1.99. The normalized spacial score (nSPS) is 10.2. The number of halogens is 1. The lowest BCUT2D eigenvalue weighted by Crippen LogP contribution is -1.98. The monoisotopic (exact) mass is 247 g/mol. The molecule has 0 aliphatic rings. The Kier molecular flexibility index (Phi) is 3.55. The molecule has 0 bridgehead atoms. The maximum absolute atomic E-state index is 9.31. The molecule has 2 aromatic carbocycles. The summed E-state index contributed by atoms with van der Waals surface area (Å²) < 4.78 is 0. The maximum atomic E-state index is 9.31. The molecular weight excluding hydrogens is 234 g/mol. The van der Waals surface area contributed by atoms with Gasteiger partial charge in [0.2, 0.25) is 0 Å². The third kappa shape index (κ3) is 3.14. The molecule has 0 saturated heterocycles. The van der Waals surface area contributed by atoms with E-state index in [4.69, 9.17) is 11.6 Å². The number of hydrogen-bond acceptors (Lipinski definition) is 2. The standard InChI is InChI=1S/C14H14ClNO/c1-10-2-5-12(6-3-10)16-9-11-4-7-14(17)13(15)8-11/h2-8,16-17H,9H2,1H3. The maximum Gasteiger partial charge on any atom is 0.134 e. The van der Waals surface area contributed by atoms with E-state index in [9.17, 15) is 5.11 Å². The summed E-state index contributed by atoms with van der Waals surface area (Å²) in [4.78, 5) is 0. The van der Waals surface area contributed by atoms with Crippen molar-refractivity contribution in [2.75, 3.05) is 5.32 Å². The predicted molar refractivity (Wildman–Crippen MR) is 71.6 cm³/mol. The molecule has 0 aliphatic heterocycles. The van der Waals surface area contributed by atoms with Crippen LogP contribution in [-0.4, -0.2) is 5.11 Å². The minimum absolute atomic E-state index is 0.116. The van der Waals surface area contributed by atoms with Gasteiger partial charge in [-0.1, -0.05) is 35.4 Å². The highest BCUT2D eigenvalue weighted by molar-refractivity contribution is 6.32. The van der Waals surface area contributed by atoms with Crippen molar-refractivity contribution in [3.8, 4) is 5.75 Å². The topological polar surface area (TPSA) is 32.3 Å². The molecule has 0 fully saturated rings. The lowest BCUT2D eigenvalue weighted by atomic mass is 10.2. The highest BCUT2D eigenvalue weighted by Crippen LogP contribution is 2.24. The molecule has 0 amide bonds. The Morgan fingerprint density at radius 3 is 2.47 bits per heavy atom. The first-order valence-electron chi connectivity index (χ1n) is 5.43. The van der Waals surface area contributed by atoms with Crippen LogP contribution in [0.5, 0.6) is 5.75 Å². The van der Waals surface area contributed by atoms with Crippen molar-refractivity contribution in [1.29, 1.82) is 0 Å². The molecule has 2 nitrogen and oxygen atoms in total. The number of nitrogens with one attached hydrogen (secondary N) is 1. The van der Waals surface area contributed by atoms with Crippen molar-refractivity contribution in [3.63, 3.8) is 0 Å². The van der Waals surface area contributed by atoms with Crippen LogP contribution in [0.25, 0.3) is 0 Å². The van der Waals surface area contributed by atoms with E-state index in [0.29, 0.717) is 11.6 Å². The number of anilines is 1. The SMILES string of the molecule is Cc1ccc(NCc2ccc(O)c(Cl)c2)cc1. The Balaban J connectivity index is 2.02. The molecule has 2 rings (SSSR count). The lowest BCUT2D eigenvalue weighted by molar-refractivity contribution is 0.475. The van der Waals surface area contributed by atoms with Gasteiger partial charge in [-0.3, -0.25) is 0 Å². The molecule has 2 N–H and O–H groups in total. The van der Waals surface area contributed by atoms with E-state index in [1.54, 1.807) is 12.1 Å². The fourth-order valence-corrected chi connectivity index (χ4v) is 1.74. The zero-order chi connectivity index (χ0) is 12.3. The summed E-state index contributed by atoms with van der Waals surface area (Å²) in [5.74, 6) is 0.116. The van der Waals surface area contributed by atoms with Gasteiger partial charge in [0.25, 0.3) is 0 Å². The van der Waals surface area contributed by atoms with Crippen molar-refractivity contribution in [2.45, 2.75) is 13.5 Å². The summed E-state index contributed by atoms with van der Waals surface area (Å²) in [6.45, 7) is 2.74. The van der Waals surface area contributed by atoms with Crippen molar-refractivity contribution >= 4 is 17.3 Å². The molecule has 0 spiro atoms. The minimum atomic E-state index is 0.116. The fraction of sp³-hybridized carbons (Fsp3) is 0.143. The number of phenolic OH excluding ortho intramolecular Hbond substituents is 1. The summed E-state index contributed by atoms with van der Waals surface area (Å²) in [5, 5.41) is 13.0. The van der Waals surface area contributed by atoms with Gasteiger partial charge in [-0.2, -0.15) is 0 Å². The highest BCUT2D eigenvalue weighted by atomic mass is 35.5. The number of aromatic hydroxyl groups is 1. The largest absolute Gasteiger partial charge is 0.506 e. The molecule has 0 saturated carbocycles. The first kappa shape index (κ1) is 11.8. The van der Waals surface area contributed by atoms with E-state index in [1.807, 2.05) is 18.2 Å². The van der Waals surface area contributed by atoms with Crippen LogP contribution in [-0.2, 0) is 6.54 Å². The molecule has 0 heterocycles. The molecule has 0 aromatic heterocycles. The second-order valence-corrected chi connectivity index (χ2v) is 4.41. The van der Waals surface area contributed by atoms with Crippen LogP contribution < -0.4 is 5.32 Å². The van der Waals surface area contributed by atoms with Crippen LogP contribution in [0.4, 0.5) is 5.69 Å². The second kappa shape index (κ2) is 5.11. The summed E-state index contributed by atoms with van der Waals surface area (Å²) in [7, 11) is 0. The van der Waals surface area contributed by atoms with Crippen molar-refractivity contribution < 1.29 is 5.11 Å². The van der Waals surface area contributed by atoms with E-state index >= 15 is 0 Å². The van der Waals surface area contributed by atoms with E-state index in [1.165, 1.54) is 5.56 Å². The Morgan fingerprint density at radius 2 is 1.82 bits per heavy atom. The van der Waals surface area contributed by atoms with Crippen LogP contribution in [0.15, 0.2) is 42.5 Å². The lowest BCUT2D eigenvalue weighted by Gasteiger charge is -2.07. The van der Waals surface area contributed by atoms with Crippen LogP contribution in [0.3, 0.4) is 0 Å². The molecule has 3 heteroatoms. The first-order valence-corrected chi connectivity index (χ1v) is 5.81. The second-order valence-electron chi connectivity index (χ2n) is 4.01. The average Bonchev–Trinajstić information content (AvgIpc) is 2.33. The number of hydrogen-bond donors (Lipinski definition) is 2. The summed E-state index contributed by atoms with van der Waals surface area (Å²) >= 11 is 5.84. The summed E-state index contributed by atoms with van der Waals surface area (Å²) in [5.41, 5.74) is 3.34. The number of phenols is 1. The third-order valence-electron chi connectivity index (χ3n) is 2.56. The molecule has 2 aromatic rings. The fourth-order valence-electron chi connectivity index (χ4n) is 1.54. The van der Waals surface area contributed by atoms with Gasteiger partial charge < -0.3 is 10.4 Å². The van der Waals surface area contributed by atoms with Gasteiger partial charge in [-0.05, 0) is 36.8 Å². The van der Waals surface area contributed by atoms with E-state index in [0.717, 1.165) is 11.3 Å². The minimum Gasteiger partial charge on any atom is -0.506 e. The first-order chi connectivity index (χ1) is 8.15. The Labute approximate surface area is 106 Å². The number of rotatable bonds is 3. The predicted octanol–water partition coefficient (Wildman–Crippen LogP) is 3.97. The zero-order valence-corrected chi connectivity index (χ0v) is 10.3. The van der Waals surface area contributed by atoms with Gasteiger partial charge in [-0.15, -0.1) is 0 Å². The van der Waals surface area contributed by atoms with Crippen molar-refractivity contribution in [1.82, 2.24) is 0 Å². The van der Waals surface area contributed by atoms with E-state index in [-0.39, 0.29) is 5.75 Å². The van der Waals surface area contributed by atoms with Crippen LogP contribution in [0, 0.1) is 6.92 Å². The zero-order valence-electron chi connectivity index (χ0n) is 9.57. The number of aryl methyl sites for hydroxylation is 1.